The molecule has 9 nitrogen and oxygen atoms in total. The monoisotopic (exact) mass is 734 g/mol. The Kier molecular flexibility index (Phi) is 10.8. The molecule has 4 aromatic rings. The van der Waals surface area contributed by atoms with Crippen molar-refractivity contribution in [1.29, 1.82) is 0 Å². The van der Waals surface area contributed by atoms with Gasteiger partial charge in [-0.25, -0.2) is 24.9 Å². The first-order valence-electron chi connectivity index (χ1n) is 11.8. The lowest BCUT2D eigenvalue weighted by atomic mass is 10.2. The average Bonchev–Trinajstić information content (AvgIpc) is 2.85. The maximum atomic E-state index is 11.6. The second-order valence-electron chi connectivity index (χ2n) is 8.44. The van der Waals surface area contributed by atoms with Gasteiger partial charge in [-0.2, -0.15) is 0 Å². The van der Waals surface area contributed by atoms with Crippen LogP contribution in [0.5, 0.6) is 0 Å². The van der Waals surface area contributed by atoms with Crippen molar-refractivity contribution in [1.82, 2.24) is 29.9 Å². The Balaban J connectivity index is 0.000000201. The van der Waals surface area contributed by atoms with Gasteiger partial charge in [-0.15, -0.1) is 0 Å². The van der Waals surface area contributed by atoms with Crippen molar-refractivity contribution in [2.75, 3.05) is 10.6 Å². The van der Waals surface area contributed by atoms with Crippen molar-refractivity contribution in [3.63, 3.8) is 0 Å². The molecule has 0 saturated heterocycles. The first-order chi connectivity index (χ1) is 17.2. The van der Waals surface area contributed by atoms with Gasteiger partial charge < -0.3 is 15.6 Å². The van der Waals surface area contributed by atoms with Crippen LogP contribution in [0.4, 0.5) is 11.9 Å². The van der Waals surface area contributed by atoms with E-state index in [1.165, 1.54) is 0 Å². The van der Waals surface area contributed by atoms with Crippen molar-refractivity contribution in [2.45, 2.75) is 65.5 Å². The van der Waals surface area contributed by atoms with Gasteiger partial charge in [0.1, 0.15) is 5.15 Å². The van der Waals surface area contributed by atoms with Crippen molar-refractivity contribution in [3.8, 4) is 0 Å². The third kappa shape index (κ3) is 7.57. The number of hydrogen-bond donors (Lipinski definition) is 3. The minimum atomic E-state index is -0.154. The number of pyridine rings is 2. The molecule has 0 bridgehead atoms. The van der Waals surface area contributed by atoms with E-state index in [1.807, 2.05) is 0 Å². The molecule has 0 spiro atoms. The molecule has 0 aliphatic heterocycles. The zero-order valence-corrected chi connectivity index (χ0v) is 25.6. The summed E-state index contributed by atoms with van der Waals surface area (Å²) < 4.78 is 1.89. The number of halogens is 3. The smallest absolute Gasteiger partial charge is 0.259 e. The number of hydrogen-bond acceptors (Lipinski definition) is 8. The van der Waals surface area contributed by atoms with Crippen LogP contribution >= 0.6 is 56.8 Å². The van der Waals surface area contributed by atoms with Crippen molar-refractivity contribution in [2.24, 2.45) is 0 Å². The number of fused-ring (bicyclic) bond motifs is 2. The second kappa shape index (κ2) is 13.6. The predicted molar refractivity (Wildman–Crippen MR) is 164 cm³/mol. The maximum Gasteiger partial charge on any atom is 0.259 e. The highest BCUT2D eigenvalue weighted by Gasteiger charge is 2.10. The van der Waals surface area contributed by atoms with Crippen molar-refractivity contribution < 1.29 is 0 Å². The summed E-state index contributed by atoms with van der Waals surface area (Å²) in [5, 5.41) is 8.29. The number of nitrogens with one attached hydrogen (secondary N) is 3. The highest BCUT2D eigenvalue weighted by Crippen LogP contribution is 2.24. The van der Waals surface area contributed by atoms with Crippen LogP contribution in [-0.4, -0.2) is 42.0 Å². The molecule has 0 aromatic carbocycles. The minimum Gasteiger partial charge on any atom is -0.352 e. The molecular formula is C24H29ClI2N8O. The number of aromatic amines is 1. The molecule has 4 aromatic heterocycles. The quantitative estimate of drug-likeness (QED) is 0.141. The van der Waals surface area contributed by atoms with Crippen LogP contribution < -0.4 is 16.2 Å². The topological polar surface area (TPSA) is 121 Å². The Morgan fingerprint density at radius 2 is 1.39 bits per heavy atom. The number of H-pyrrole nitrogens is 1. The largest absolute Gasteiger partial charge is 0.352 e. The molecule has 36 heavy (non-hydrogen) atoms. The van der Waals surface area contributed by atoms with Crippen molar-refractivity contribution >= 4 is 90.5 Å². The van der Waals surface area contributed by atoms with Gasteiger partial charge in [0, 0.05) is 36.9 Å². The molecule has 2 unspecified atom stereocenters. The van der Waals surface area contributed by atoms with Gasteiger partial charge in [-0.3, -0.25) is 4.79 Å². The molecule has 0 fully saturated rings. The van der Waals surface area contributed by atoms with Gasteiger partial charge in [0.2, 0.25) is 11.9 Å². The van der Waals surface area contributed by atoms with Gasteiger partial charge in [0.05, 0.1) is 28.9 Å². The van der Waals surface area contributed by atoms with Crippen LogP contribution in [0.3, 0.4) is 0 Å². The normalized spacial score (nSPS) is 12.6. The second-order valence-corrected chi connectivity index (χ2v) is 11.1. The van der Waals surface area contributed by atoms with Crippen LogP contribution in [-0.2, 0) is 0 Å². The van der Waals surface area contributed by atoms with E-state index in [1.54, 1.807) is 24.8 Å². The predicted octanol–water partition coefficient (Wildman–Crippen LogP) is 6.41. The molecule has 3 N–H and O–H groups in total. The summed E-state index contributed by atoms with van der Waals surface area (Å²) in [6.45, 7) is 8.52. The fourth-order valence-corrected chi connectivity index (χ4v) is 4.86. The van der Waals surface area contributed by atoms with Gasteiger partial charge in [0.25, 0.3) is 5.56 Å². The summed E-state index contributed by atoms with van der Waals surface area (Å²) in [6.07, 6.45) is 11.1. The first kappa shape index (κ1) is 28.7. The SMILES string of the molecule is CCCC(C)Nc1ncc2c(=O)[nH]cc(I)c2n1.CCCC(C)Nc1ncc2c(Cl)ncc(I)c2n1. The zero-order valence-electron chi connectivity index (χ0n) is 20.6. The molecule has 0 radical (unpaired) electrons. The van der Waals surface area contributed by atoms with Crippen molar-refractivity contribution in [3.05, 3.63) is 47.4 Å². The molecule has 12 heteroatoms. The third-order valence-corrected chi connectivity index (χ3v) is 7.23. The zero-order chi connectivity index (χ0) is 26.2. The fraction of sp³-hybridized carbons (Fsp3) is 0.417. The van der Waals surface area contributed by atoms with E-state index in [-0.39, 0.29) is 5.56 Å². The molecule has 0 amide bonds. The molecule has 4 heterocycles. The van der Waals surface area contributed by atoms with E-state index < -0.39 is 0 Å². The van der Waals surface area contributed by atoms with E-state index in [0.717, 1.165) is 43.7 Å². The molecule has 0 aliphatic rings. The molecule has 0 saturated carbocycles. The van der Waals surface area contributed by atoms with Crippen LogP contribution in [0.2, 0.25) is 5.15 Å². The summed E-state index contributed by atoms with van der Waals surface area (Å²) >= 11 is 10.4. The first-order valence-corrected chi connectivity index (χ1v) is 14.3. The lowest BCUT2D eigenvalue weighted by Crippen LogP contribution is -2.17. The number of anilines is 2. The van der Waals surface area contributed by atoms with Gasteiger partial charge in [-0.1, -0.05) is 38.3 Å². The highest BCUT2D eigenvalue weighted by atomic mass is 127. The lowest BCUT2D eigenvalue weighted by molar-refractivity contribution is 0.684. The van der Waals surface area contributed by atoms with Crippen LogP contribution in [0.1, 0.15) is 53.4 Å². The number of rotatable bonds is 8. The van der Waals surface area contributed by atoms with Gasteiger partial charge in [-0.05, 0) is 71.9 Å². The summed E-state index contributed by atoms with van der Waals surface area (Å²) in [7, 11) is 0. The molecule has 192 valence electrons. The summed E-state index contributed by atoms with van der Waals surface area (Å²) in [5.41, 5.74) is 1.39. The van der Waals surface area contributed by atoms with Gasteiger partial charge in [0.15, 0.2) is 0 Å². The van der Waals surface area contributed by atoms with Gasteiger partial charge >= 0.3 is 0 Å². The Morgan fingerprint density at radius 3 is 1.94 bits per heavy atom. The summed E-state index contributed by atoms with van der Waals surface area (Å²) in [4.78, 5) is 35.7. The number of aromatic nitrogens is 6. The van der Waals surface area contributed by atoms with E-state index in [4.69, 9.17) is 11.6 Å². The fourth-order valence-electron chi connectivity index (χ4n) is 3.55. The maximum absolute atomic E-state index is 11.6. The third-order valence-electron chi connectivity index (χ3n) is 5.31. The molecular weight excluding hydrogens is 706 g/mol. The average molecular weight is 735 g/mol. The number of nitrogens with zero attached hydrogens (tertiary/aromatic N) is 5. The standard InChI is InChI=1S/C12H14ClIN4.C12H15IN4O/c1-3-4-7(2)17-12-16-5-8-10(18-12)9(14)6-15-11(8)13;1-3-4-7(2)16-12-15-5-8-10(17-12)9(13)6-14-11(8)18/h5-7H,3-4H2,1-2H3,(H,16,17,18);5-7H,3-4H2,1-2H3,(H,14,18)(H,15,16,17). The summed E-state index contributed by atoms with van der Waals surface area (Å²) in [5.74, 6) is 1.22. The Labute approximate surface area is 242 Å². The van der Waals surface area contributed by atoms with E-state index >= 15 is 0 Å². The van der Waals surface area contributed by atoms with Crippen LogP contribution in [0, 0.1) is 7.14 Å². The molecule has 4 rings (SSSR count). The lowest BCUT2D eigenvalue weighted by Gasteiger charge is -2.13. The van der Waals surface area contributed by atoms with Crippen LogP contribution in [0.25, 0.3) is 21.8 Å². The Bertz CT molecular complexity index is 1380. The molecule has 0 aliphatic carbocycles. The van der Waals surface area contributed by atoms with Crippen LogP contribution in [0.15, 0.2) is 29.6 Å². The van der Waals surface area contributed by atoms with E-state index in [0.29, 0.717) is 40.0 Å². The summed E-state index contributed by atoms with van der Waals surface area (Å²) in [6, 6.07) is 0.689. The highest BCUT2D eigenvalue weighted by molar-refractivity contribution is 14.1. The Hall–Kier alpha value is -1.87. The Morgan fingerprint density at radius 1 is 0.861 bits per heavy atom. The molecule has 2 atom stereocenters. The minimum absolute atomic E-state index is 0.154. The van der Waals surface area contributed by atoms with E-state index in [2.05, 4.69) is 113 Å². The van der Waals surface area contributed by atoms with E-state index in [9.17, 15) is 4.79 Å².